The molecule has 2 N–H and O–H groups in total. The molecule has 1 heterocycles. The maximum absolute atomic E-state index is 13.0. The molecule has 4 fully saturated rings. The first-order valence-corrected chi connectivity index (χ1v) is 11.3. The average molecular weight is 430 g/mol. The van der Waals surface area contributed by atoms with E-state index in [9.17, 15) is 9.59 Å². The van der Waals surface area contributed by atoms with Crippen molar-refractivity contribution in [3.63, 3.8) is 0 Å². The summed E-state index contributed by atoms with van der Waals surface area (Å²) in [7, 11) is 0. The second-order valence-corrected chi connectivity index (χ2v) is 9.11. The van der Waals surface area contributed by atoms with E-state index in [1.165, 1.54) is 19.3 Å². The highest BCUT2D eigenvalue weighted by Crippen LogP contribution is 2.60. The summed E-state index contributed by atoms with van der Waals surface area (Å²) in [6.07, 6.45) is 10.1. The molecular weight excluding hydrogens is 398 g/mol. The van der Waals surface area contributed by atoms with Gasteiger partial charge in [-0.3, -0.25) is 9.59 Å². The van der Waals surface area contributed by atoms with Crippen LogP contribution in [-0.2, 0) is 9.59 Å². The van der Waals surface area contributed by atoms with Gasteiger partial charge in [0.15, 0.2) is 0 Å². The first-order valence-electron chi connectivity index (χ1n) is 11.3. The number of aromatic nitrogens is 1. The van der Waals surface area contributed by atoms with Crippen LogP contribution in [0.4, 0.5) is 11.5 Å². The van der Waals surface area contributed by atoms with Crippen molar-refractivity contribution >= 4 is 23.3 Å². The summed E-state index contributed by atoms with van der Waals surface area (Å²) in [5.41, 5.74) is 12.6. The van der Waals surface area contributed by atoms with Gasteiger partial charge in [-0.25, -0.2) is 4.98 Å². The fourth-order valence-electron chi connectivity index (χ4n) is 5.75. The Kier molecular flexibility index (Phi) is 7.93. The van der Waals surface area contributed by atoms with E-state index in [4.69, 9.17) is 0 Å². The number of nitrogens with zero attached hydrogens (tertiary/aromatic N) is 1. The molecule has 2 amide bonds. The number of nitrogens with one attached hydrogen (secondary N) is 2. The molecule has 4 saturated carbocycles. The number of anilines is 2. The Balaban J connectivity index is 0.000000360. The monoisotopic (exact) mass is 429 g/mol. The quantitative estimate of drug-likeness (QED) is 0.603. The lowest BCUT2D eigenvalue weighted by Gasteiger charge is -2.55. The van der Waals surface area contributed by atoms with Gasteiger partial charge in [-0.1, -0.05) is 18.4 Å². The topological polar surface area (TPSA) is 71.1 Å². The summed E-state index contributed by atoms with van der Waals surface area (Å²) >= 11 is 0. The SMILES string of the molecule is C=C=C=C=C=C=C.CCCC(=O)Nc1ccc(NC(=O)C23CC4CC(CC(C4)C2)C3)cn1. The van der Waals surface area contributed by atoms with E-state index in [0.29, 0.717) is 17.9 Å². The molecule has 5 nitrogen and oxygen atoms in total. The Morgan fingerprint density at radius 1 is 1.00 bits per heavy atom. The van der Waals surface area contributed by atoms with Crippen LogP contribution in [0.15, 0.2) is 60.1 Å². The summed E-state index contributed by atoms with van der Waals surface area (Å²) < 4.78 is 0. The third-order valence-electron chi connectivity index (χ3n) is 6.59. The predicted octanol–water partition coefficient (Wildman–Crippen LogP) is 5.55. The smallest absolute Gasteiger partial charge is 0.230 e. The van der Waals surface area contributed by atoms with E-state index >= 15 is 0 Å². The standard InChI is InChI=1S/C20H27N3O2.C7H4/c1-2-3-18(24)23-17-5-4-16(12-21-17)22-19(25)20-9-13-6-14(10-20)8-15(7-13)11-20;1-3-5-7-6-4-2/h4-5,12-15H,2-3,6-11H2,1H3,(H,22,25)(H,21,23,24);1-2H2. The van der Waals surface area contributed by atoms with Crippen LogP contribution in [0.3, 0.4) is 0 Å². The van der Waals surface area contributed by atoms with E-state index in [2.05, 4.69) is 57.4 Å². The Morgan fingerprint density at radius 2 is 1.59 bits per heavy atom. The fourth-order valence-corrected chi connectivity index (χ4v) is 5.75. The highest BCUT2D eigenvalue weighted by atomic mass is 16.2. The van der Waals surface area contributed by atoms with Crippen LogP contribution in [-0.4, -0.2) is 16.8 Å². The first kappa shape index (κ1) is 23.4. The molecule has 0 saturated heterocycles. The second-order valence-electron chi connectivity index (χ2n) is 9.11. The minimum atomic E-state index is -0.150. The highest BCUT2D eigenvalue weighted by Gasteiger charge is 2.54. The lowest BCUT2D eigenvalue weighted by Crippen LogP contribution is -2.51. The molecule has 0 aliphatic heterocycles. The van der Waals surface area contributed by atoms with Gasteiger partial charge in [0.1, 0.15) is 5.82 Å². The average Bonchev–Trinajstić information content (AvgIpc) is 2.75. The molecule has 0 atom stereocenters. The van der Waals surface area contributed by atoms with E-state index < -0.39 is 0 Å². The summed E-state index contributed by atoms with van der Waals surface area (Å²) in [5, 5.41) is 5.86. The molecule has 5 heteroatoms. The first-order chi connectivity index (χ1) is 15.5. The Hall–Kier alpha value is -3.27. The summed E-state index contributed by atoms with van der Waals surface area (Å²) in [6, 6.07) is 3.58. The number of carbonyl (C=O) groups excluding carboxylic acids is 2. The van der Waals surface area contributed by atoms with Crippen molar-refractivity contribution in [2.45, 2.75) is 58.3 Å². The summed E-state index contributed by atoms with van der Waals surface area (Å²) in [4.78, 5) is 28.9. The molecule has 4 bridgehead atoms. The number of amides is 2. The van der Waals surface area contributed by atoms with Crippen LogP contribution >= 0.6 is 0 Å². The van der Waals surface area contributed by atoms with Crippen LogP contribution in [0.5, 0.6) is 0 Å². The van der Waals surface area contributed by atoms with Gasteiger partial charge in [0.2, 0.25) is 11.8 Å². The van der Waals surface area contributed by atoms with Crippen molar-refractivity contribution in [3.8, 4) is 0 Å². The Bertz CT molecular complexity index is 968. The summed E-state index contributed by atoms with van der Waals surface area (Å²) in [5.74, 6) is 2.95. The zero-order valence-electron chi connectivity index (χ0n) is 18.8. The van der Waals surface area contributed by atoms with Crippen LogP contribution in [0, 0.1) is 23.2 Å². The van der Waals surface area contributed by atoms with E-state index in [-0.39, 0.29) is 17.2 Å². The molecule has 166 valence electrons. The van der Waals surface area contributed by atoms with Crippen molar-refractivity contribution in [1.29, 1.82) is 0 Å². The number of rotatable bonds is 5. The van der Waals surface area contributed by atoms with Crippen LogP contribution in [0.1, 0.15) is 58.3 Å². The predicted molar refractivity (Wildman–Crippen MR) is 126 cm³/mol. The zero-order chi connectivity index (χ0) is 23.0. The van der Waals surface area contributed by atoms with Gasteiger partial charge in [-0.15, -0.1) is 0 Å². The third kappa shape index (κ3) is 5.91. The van der Waals surface area contributed by atoms with Crippen molar-refractivity contribution in [1.82, 2.24) is 4.98 Å². The maximum atomic E-state index is 13.0. The highest BCUT2D eigenvalue weighted by molar-refractivity contribution is 5.96. The largest absolute Gasteiger partial charge is 0.324 e. The van der Waals surface area contributed by atoms with Gasteiger partial charge in [0.05, 0.1) is 17.3 Å². The molecule has 0 aromatic carbocycles. The van der Waals surface area contributed by atoms with Crippen molar-refractivity contribution < 1.29 is 9.59 Å². The fraction of sp³-hybridized carbons (Fsp3) is 0.481. The molecule has 0 radical (unpaired) electrons. The van der Waals surface area contributed by atoms with Crippen molar-refractivity contribution in [2.24, 2.45) is 23.2 Å². The molecule has 4 aliphatic rings. The number of carbonyl (C=O) groups is 2. The lowest BCUT2D eigenvalue weighted by atomic mass is 9.49. The minimum Gasteiger partial charge on any atom is -0.324 e. The zero-order valence-corrected chi connectivity index (χ0v) is 18.8. The van der Waals surface area contributed by atoms with E-state index in [0.717, 1.165) is 43.4 Å². The molecular formula is C27H31N3O2. The van der Waals surface area contributed by atoms with Gasteiger partial charge in [-0.05, 0) is 105 Å². The van der Waals surface area contributed by atoms with Gasteiger partial charge in [0.25, 0.3) is 0 Å². The van der Waals surface area contributed by atoms with E-state index in [1.807, 2.05) is 13.0 Å². The van der Waals surface area contributed by atoms with Gasteiger partial charge in [0, 0.05) is 6.42 Å². The number of pyridine rings is 1. The summed E-state index contributed by atoms with van der Waals surface area (Å²) in [6.45, 7) is 8.46. The molecule has 4 aliphatic carbocycles. The minimum absolute atomic E-state index is 0.0275. The molecule has 1 aromatic heterocycles. The van der Waals surface area contributed by atoms with Crippen molar-refractivity contribution in [2.75, 3.05) is 10.6 Å². The normalized spacial score (nSPS) is 26.1. The van der Waals surface area contributed by atoms with Crippen molar-refractivity contribution in [3.05, 3.63) is 60.1 Å². The molecule has 32 heavy (non-hydrogen) atoms. The van der Waals surface area contributed by atoms with Crippen LogP contribution < -0.4 is 10.6 Å². The Labute approximate surface area is 190 Å². The van der Waals surface area contributed by atoms with Crippen LogP contribution in [0.2, 0.25) is 0 Å². The molecule has 0 spiro atoms. The van der Waals surface area contributed by atoms with E-state index in [1.54, 1.807) is 12.3 Å². The molecule has 0 unspecified atom stereocenters. The lowest BCUT2D eigenvalue weighted by molar-refractivity contribution is -0.140. The molecule has 5 rings (SSSR count). The third-order valence-corrected chi connectivity index (χ3v) is 6.59. The number of hydrogen-bond acceptors (Lipinski definition) is 3. The van der Waals surface area contributed by atoms with Gasteiger partial charge >= 0.3 is 0 Å². The van der Waals surface area contributed by atoms with Crippen LogP contribution in [0.25, 0.3) is 0 Å². The Morgan fingerprint density at radius 3 is 2.06 bits per heavy atom. The molecule has 1 aromatic rings. The maximum Gasteiger partial charge on any atom is 0.230 e. The van der Waals surface area contributed by atoms with Gasteiger partial charge < -0.3 is 10.6 Å². The number of hydrogen-bond donors (Lipinski definition) is 2. The second kappa shape index (κ2) is 10.9. The van der Waals surface area contributed by atoms with Gasteiger partial charge in [-0.2, -0.15) is 0 Å².